The van der Waals surface area contributed by atoms with E-state index in [4.69, 9.17) is 27.9 Å². The van der Waals surface area contributed by atoms with Gasteiger partial charge in [-0.25, -0.2) is 14.4 Å². The number of fused-ring (bicyclic) bond motifs is 3. The number of carboxylic acids is 1. The summed E-state index contributed by atoms with van der Waals surface area (Å²) in [7, 11) is 0. The van der Waals surface area contributed by atoms with Gasteiger partial charge in [-0.2, -0.15) is 0 Å². The van der Waals surface area contributed by atoms with Crippen molar-refractivity contribution in [1.29, 1.82) is 0 Å². The quantitative estimate of drug-likeness (QED) is 0.346. The summed E-state index contributed by atoms with van der Waals surface area (Å²) in [4.78, 5) is 69.2. The van der Waals surface area contributed by atoms with Crippen LogP contribution in [0.5, 0.6) is 0 Å². The highest BCUT2D eigenvalue weighted by Gasteiger charge is 2.61. The van der Waals surface area contributed by atoms with Crippen molar-refractivity contribution in [2.24, 2.45) is 5.92 Å². The first kappa shape index (κ1) is 33.8. The molecule has 0 radical (unpaired) electrons. The van der Waals surface area contributed by atoms with Crippen LogP contribution >= 0.6 is 23.2 Å². The summed E-state index contributed by atoms with van der Waals surface area (Å²) in [6, 6.07) is 0.847. The van der Waals surface area contributed by atoms with Crippen molar-refractivity contribution in [2.75, 3.05) is 6.54 Å². The number of urea groups is 1. The Kier molecular flexibility index (Phi) is 9.79. The number of rotatable bonds is 3. The molecule has 5 amide bonds. The molecule has 2 fully saturated rings. The van der Waals surface area contributed by atoms with E-state index in [0.29, 0.717) is 22.9 Å². The number of aliphatic carboxylic acids is 1. The zero-order valence-corrected chi connectivity index (χ0v) is 27.7. The Hall–Kier alpha value is -3.51. The molecule has 14 heteroatoms. The van der Waals surface area contributed by atoms with E-state index in [9.17, 15) is 29.1 Å². The monoisotopic (exact) mass is 677 g/mol. The molecule has 4 aliphatic rings. The molecule has 250 valence electrons. The second-order valence-corrected chi connectivity index (χ2v) is 14.5. The van der Waals surface area contributed by atoms with Crippen LogP contribution in [0.4, 0.5) is 9.59 Å². The van der Waals surface area contributed by atoms with Crippen LogP contribution in [0.1, 0.15) is 76.8 Å². The minimum atomic E-state index is -1.47. The van der Waals surface area contributed by atoms with Gasteiger partial charge in [0.2, 0.25) is 11.8 Å². The van der Waals surface area contributed by atoms with Gasteiger partial charge >= 0.3 is 18.1 Å². The van der Waals surface area contributed by atoms with Crippen molar-refractivity contribution in [3.63, 3.8) is 0 Å². The van der Waals surface area contributed by atoms with E-state index in [0.717, 1.165) is 30.4 Å². The summed E-state index contributed by atoms with van der Waals surface area (Å²) in [5, 5.41) is 19.1. The van der Waals surface area contributed by atoms with E-state index in [1.54, 1.807) is 12.1 Å². The van der Waals surface area contributed by atoms with Gasteiger partial charge in [0.1, 0.15) is 23.7 Å². The molecule has 46 heavy (non-hydrogen) atoms. The minimum Gasteiger partial charge on any atom is -0.479 e. The number of hydrogen-bond donors (Lipinski definition) is 4. The van der Waals surface area contributed by atoms with Gasteiger partial charge < -0.3 is 30.7 Å². The molecule has 0 bridgehead atoms. The largest absolute Gasteiger partial charge is 0.479 e. The van der Waals surface area contributed by atoms with E-state index in [2.05, 4.69) is 16.0 Å². The normalized spacial score (nSPS) is 28.2. The molecule has 4 N–H and O–H groups in total. The van der Waals surface area contributed by atoms with E-state index in [1.807, 2.05) is 32.9 Å². The number of benzene rings is 1. The zero-order chi connectivity index (χ0) is 33.4. The Labute approximate surface area is 278 Å². The molecule has 0 aromatic heterocycles. The van der Waals surface area contributed by atoms with Crippen LogP contribution in [0.3, 0.4) is 0 Å². The molecule has 1 aromatic carbocycles. The van der Waals surface area contributed by atoms with E-state index >= 15 is 0 Å². The second kappa shape index (κ2) is 13.3. The second-order valence-electron chi connectivity index (χ2n) is 13.7. The molecular weight excluding hydrogens is 637 g/mol. The highest BCUT2D eigenvalue weighted by atomic mass is 35.5. The lowest BCUT2D eigenvalue weighted by Crippen LogP contribution is -2.58. The molecule has 1 aliphatic carbocycles. The Morgan fingerprint density at radius 2 is 1.74 bits per heavy atom. The molecule has 0 spiro atoms. The summed E-state index contributed by atoms with van der Waals surface area (Å²) >= 11 is 12.3. The van der Waals surface area contributed by atoms with Crippen LogP contribution in [0.25, 0.3) is 0 Å². The Morgan fingerprint density at radius 3 is 2.37 bits per heavy atom. The third-order valence-electron chi connectivity index (χ3n) is 8.91. The number of halogens is 2. The molecule has 3 heterocycles. The molecule has 0 unspecified atom stereocenters. The summed E-state index contributed by atoms with van der Waals surface area (Å²) in [6.45, 7) is 5.89. The van der Waals surface area contributed by atoms with Gasteiger partial charge in [-0.15, -0.1) is 0 Å². The molecular formula is C32H41Cl2N5O7. The average molecular weight is 679 g/mol. The lowest BCUT2D eigenvalue weighted by Gasteiger charge is -2.30. The highest BCUT2D eigenvalue weighted by molar-refractivity contribution is 6.42. The molecule has 5 atom stereocenters. The van der Waals surface area contributed by atoms with Crippen LogP contribution in [-0.2, 0) is 32.2 Å². The first-order chi connectivity index (χ1) is 21.7. The van der Waals surface area contributed by atoms with Crippen LogP contribution < -0.4 is 16.0 Å². The predicted octanol–water partition coefficient (Wildman–Crippen LogP) is 4.36. The van der Waals surface area contributed by atoms with E-state index < -0.39 is 59.2 Å². The number of amides is 5. The third-order valence-corrected chi connectivity index (χ3v) is 9.63. The first-order valence-electron chi connectivity index (χ1n) is 15.7. The summed E-state index contributed by atoms with van der Waals surface area (Å²) in [6.07, 6.45) is 5.86. The maximum Gasteiger partial charge on any atom is 0.410 e. The van der Waals surface area contributed by atoms with Gasteiger partial charge in [-0.05, 0) is 69.7 Å². The summed E-state index contributed by atoms with van der Waals surface area (Å²) in [5.41, 5.74) is -0.332. The summed E-state index contributed by atoms with van der Waals surface area (Å²) < 4.78 is 5.84. The van der Waals surface area contributed by atoms with Crippen molar-refractivity contribution in [1.82, 2.24) is 25.8 Å². The zero-order valence-electron chi connectivity index (χ0n) is 26.2. The van der Waals surface area contributed by atoms with Gasteiger partial charge in [0.25, 0.3) is 0 Å². The molecule has 1 saturated carbocycles. The number of carbonyl (C=O) groups is 5. The Morgan fingerprint density at radius 1 is 1.07 bits per heavy atom. The SMILES string of the molecule is CC(C)(C)NC(=O)N[C@H]1CCCCCC=C[C@@H]2C[C@@]2(C(=O)O)NC(=O)[C@@H]2C[C@@H](OC(=O)N3Cc4cc(Cl)c(Cl)cc4C3)CN2C1=O. The number of hydrogen-bond acceptors (Lipinski definition) is 6. The minimum absolute atomic E-state index is 0.0289. The standard InChI is InChI=1S/C32H41Cl2N5O7/c1-31(2,3)37-29(44)35-24-10-8-6-4-5-7-9-20-14-32(20,28(42)43)36-26(40)25-13-21(17-39(25)27(24)41)46-30(45)38-15-18-11-22(33)23(34)12-19(18)16-38/h7,9,11-12,20-21,24-25H,4-6,8,10,13-17H2,1-3H3,(H,36,40)(H,42,43)(H2,35,37,44)/t20-,21-,24+,25+,32-/m1/s1. The maximum atomic E-state index is 14.1. The van der Waals surface area contributed by atoms with Gasteiger partial charge in [0, 0.05) is 31.0 Å². The number of carbonyl (C=O) groups excluding carboxylic acids is 4. The van der Waals surface area contributed by atoms with Crippen LogP contribution in [0.2, 0.25) is 10.0 Å². The first-order valence-corrected chi connectivity index (χ1v) is 16.5. The number of nitrogens with zero attached hydrogens (tertiary/aromatic N) is 2. The van der Waals surface area contributed by atoms with Crippen LogP contribution in [-0.4, -0.2) is 80.6 Å². The van der Waals surface area contributed by atoms with E-state index in [1.165, 1.54) is 9.80 Å². The number of ether oxygens (including phenoxy) is 1. The Balaban J connectivity index is 1.37. The van der Waals surface area contributed by atoms with Gasteiger partial charge in [0.05, 0.1) is 16.6 Å². The molecule has 3 aliphatic heterocycles. The van der Waals surface area contributed by atoms with Gasteiger partial charge in [-0.1, -0.05) is 48.2 Å². The molecule has 12 nitrogen and oxygen atoms in total. The smallest absolute Gasteiger partial charge is 0.410 e. The third kappa shape index (κ3) is 7.54. The fraction of sp³-hybridized carbons (Fsp3) is 0.594. The van der Waals surface area contributed by atoms with Crippen LogP contribution in [0.15, 0.2) is 24.3 Å². The number of nitrogens with one attached hydrogen (secondary N) is 3. The number of carboxylic acid groups (broad SMARTS) is 1. The molecule has 1 saturated heterocycles. The number of allylic oxidation sites excluding steroid dienone is 1. The lowest BCUT2D eigenvalue weighted by atomic mass is 10.0. The van der Waals surface area contributed by atoms with Crippen molar-refractivity contribution >= 4 is 53.1 Å². The fourth-order valence-electron chi connectivity index (χ4n) is 6.42. The predicted molar refractivity (Wildman–Crippen MR) is 170 cm³/mol. The Bertz CT molecular complexity index is 1420. The van der Waals surface area contributed by atoms with Crippen molar-refractivity contribution < 1.29 is 33.8 Å². The van der Waals surface area contributed by atoms with Crippen LogP contribution in [0, 0.1) is 5.92 Å². The van der Waals surface area contributed by atoms with Crippen molar-refractivity contribution in [3.05, 3.63) is 45.5 Å². The summed E-state index contributed by atoms with van der Waals surface area (Å²) in [5.74, 6) is -2.65. The van der Waals surface area contributed by atoms with E-state index in [-0.39, 0.29) is 38.4 Å². The van der Waals surface area contributed by atoms with Crippen molar-refractivity contribution in [2.45, 2.75) is 108 Å². The fourth-order valence-corrected chi connectivity index (χ4v) is 6.79. The van der Waals surface area contributed by atoms with Gasteiger partial charge in [-0.3, -0.25) is 14.5 Å². The van der Waals surface area contributed by atoms with Gasteiger partial charge in [0.15, 0.2) is 0 Å². The average Bonchev–Trinajstić information content (AvgIpc) is 3.27. The topological polar surface area (TPSA) is 157 Å². The molecule has 5 rings (SSSR count). The maximum absolute atomic E-state index is 14.1. The van der Waals surface area contributed by atoms with Crippen molar-refractivity contribution in [3.8, 4) is 0 Å². The highest BCUT2D eigenvalue weighted by Crippen LogP contribution is 2.45. The lowest BCUT2D eigenvalue weighted by molar-refractivity contribution is -0.145. The molecule has 1 aromatic rings.